The Morgan fingerprint density at radius 2 is 1.95 bits per heavy atom. The number of hydrogen-bond donors (Lipinski definition) is 0. The lowest BCUT2D eigenvalue weighted by atomic mass is 9.95. The molecular weight excluding hydrogens is 331 g/mol. The minimum absolute atomic E-state index is 0.196. The van der Waals surface area contributed by atoms with E-state index in [0.717, 1.165) is 35.3 Å². The van der Waals surface area contributed by atoms with Crippen molar-refractivity contribution in [3.8, 4) is 0 Å². The topological polar surface area (TPSA) is 6.48 Å². The van der Waals surface area contributed by atoms with Crippen LogP contribution in [0.1, 0.15) is 12.0 Å². The van der Waals surface area contributed by atoms with Crippen LogP contribution < -0.4 is 0 Å². The van der Waals surface area contributed by atoms with Crippen LogP contribution in [0.2, 0.25) is 0 Å². The van der Waals surface area contributed by atoms with Crippen LogP contribution in [-0.2, 0) is 0 Å². The molecule has 0 bridgehead atoms. The predicted molar refractivity (Wildman–Crippen MR) is 90.3 cm³/mol. The molecule has 0 atom stereocenters. The molecule has 1 aliphatic rings. The number of halogens is 2. The zero-order valence-corrected chi connectivity index (χ0v) is 14.3. The smallest absolute Gasteiger partial charge is 0.132 e. The molecule has 0 unspecified atom stereocenters. The Morgan fingerprint density at radius 3 is 2.62 bits per heavy atom. The van der Waals surface area contributed by atoms with E-state index in [1.807, 2.05) is 18.2 Å². The quantitative estimate of drug-likeness (QED) is 0.792. The van der Waals surface area contributed by atoms with Gasteiger partial charge in [0.25, 0.3) is 0 Å². The Hall–Kier alpha value is -1.13. The maximum Gasteiger partial charge on any atom is 0.132 e. The van der Waals surface area contributed by atoms with Crippen molar-refractivity contribution in [3.63, 3.8) is 0 Å². The highest BCUT2D eigenvalue weighted by Gasteiger charge is 2.18. The van der Waals surface area contributed by atoms with Gasteiger partial charge >= 0.3 is 0 Å². The summed E-state index contributed by atoms with van der Waals surface area (Å²) in [5.74, 6) is -0.196. The fourth-order valence-corrected chi connectivity index (χ4v) is 2.66. The first-order valence-electron chi connectivity index (χ1n) is 7.04. The molecule has 0 N–H and O–H groups in total. The molecule has 0 fully saturated rings. The van der Waals surface area contributed by atoms with Gasteiger partial charge in [-0.05, 0) is 39.1 Å². The molecule has 1 aromatic carbocycles. The molecule has 2 nitrogen and oxygen atoms in total. The van der Waals surface area contributed by atoms with E-state index in [4.69, 9.17) is 0 Å². The monoisotopic (exact) mass is 351 g/mol. The van der Waals surface area contributed by atoms with Crippen LogP contribution in [-0.4, -0.2) is 44.0 Å². The fraction of sp³-hybridized carbons (Fsp3) is 0.353. The predicted octanol–water partition coefficient (Wildman–Crippen LogP) is 3.96. The molecule has 1 aromatic rings. The van der Waals surface area contributed by atoms with Gasteiger partial charge in [-0.15, -0.1) is 0 Å². The largest absolute Gasteiger partial charge is 0.373 e. The first-order chi connectivity index (χ1) is 9.99. The summed E-state index contributed by atoms with van der Waals surface area (Å²) < 4.78 is 15.0. The van der Waals surface area contributed by atoms with E-state index in [9.17, 15) is 4.39 Å². The van der Waals surface area contributed by atoms with Crippen LogP contribution in [0, 0.1) is 12.2 Å². The number of allylic oxidation sites excluding steroid dienone is 3. The van der Waals surface area contributed by atoms with Gasteiger partial charge in [0.05, 0.1) is 0 Å². The van der Waals surface area contributed by atoms with E-state index >= 15 is 0 Å². The molecule has 1 aliphatic carbocycles. The van der Waals surface area contributed by atoms with Crippen molar-refractivity contribution in [3.05, 3.63) is 58.3 Å². The molecule has 4 heteroatoms. The average Bonchev–Trinajstić information content (AvgIpc) is 2.45. The van der Waals surface area contributed by atoms with Gasteiger partial charge in [0.15, 0.2) is 0 Å². The Kier molecular flexibility index (Phi) is 5.59. The summed E-state index contributed by atoms with van der Waals surface area (Å²) in [5, 5.41) is 0. The van der Waals surface area contributed by atoms with Crippen LogP contribution in [0.5, 0.6) is 0 Å². The van der Waals surface area contributed by atoms with Crippen LogP contribution in [0.3, 0.4) is 0 Å². The third kappa shape index (κ3) is 4.17. The Bertz CT molecular complexity index is 564. The SMILES string of the molecule is CN(C)CCN(C)C1=CC[CH]C=C1c1ccc(Br)cc1F. The lowest BCUT2D eigenvalue weighted by Gasteiger charge is -2.28. The van der Waals surface area contributed by atoms with Gasteiger partial charge in [-0.1, -0.05) is 34.1 Å². The van der Waals surface area contributed by atoms with Gasteiger partial charge in [-0.25, -0.2) is 4.39 Å². The molecule has 21 heavy (non-hydrogen) atoms. The Morgan fingerprint density at radius 1 is 1.19 bits per heavy atom. The second-order valence-electron chi connectivity index (χ2n) is 5.49. The lowest BCUT2D eigenvalue weighted by Crippen LogP contribution is -2.29. The number of likely N-dealkylation sites (N-methyl/N-ethyl adjacent to an activating group) is 2. The number of hydrogen-bond acceptors (Lipinski definition) is 2. The van der Waals surface area contributed by atoms with E-state index in [0.29, 0.717) is 5.56 Å². The van der Waals surface area contributed by atoms with Gasteiger partial charge < -0.3 is 9.80 Å². The van der Waals surface area contributed by atoms with Crippen LogP contribution in [0.15, 0.2) is 40.5 Å². The summed E-state index contributed by atoms with van der Waals surface area (Å²) in [4.78, 5) is 4.34. The molecule has 0 amide bonds. The first-order valence-corrected chi connectivity index (χ1v) is 7.83. The molecule has 113 valence electrons. The zero-order valence-electron chi connectivity index (χ0n) is 12.7. The van der Waals surface area contributed by atoms with Crippen molar-refractivity contribution >= 4 is 21.5 Å². The molecule has 0 aliphatic heterocycles. The fourth-order valence-electron chi connectivity index (χ4n) is 2.33. The minimum Gasteiger partial charge on any atom is -0.373 e. The van der Waals surface area contributed by atoms with Crippen molar-refractivity contribution in [2.75, 3.05) is 34.2 Å². The highest BCUT2D eigenvalue weighted by molar-refractivity contribution is 9.10. The molecule has 2 rings (SSSR count). The van der Waals surface area contributed by atoms with E-state index in [2.05, 4.69) is 59.4 Å². The summed E-state index contributed by atoms with van der Waals surface area (Å²) in [6.07, 6.45) is 7.14. The van der Waals surface area contributed by atoms with Crippen molar-refractivity contribution in [1.82, 2.24) is 9.80 Å². The second-order valence-corrected chi connectivity index (χ2v) is 6.41. The molecule has 0 aromatic heterocycles. The van der Waals surface area contributed by atoms with E-state index in [-0.39, 0.29) is 5.82 Å². The van der Waals surface area contributed by atoms with Gasteiger partial charge in [0.1, 0.15) is 5.82 Å². The molecule has 0 spiro atoms. The van der Waals surface area contributed by atoms with Crippen molar-refractivity contribution in [2.24, 2.45) is 0 Å². The molecule has 0 saturated carbocycles. The molecule has 0 saturated heterocycles. The zero-order chi connectivity index (χ0) is 15.4. The molecule has 1 radical (unpaired) electrons. The minimum atomic E-state index is -0.196. The van der Waals surface area contributed by atoms with Crippen molar-refractivity contribution < 1.29 is 4.39 Å². The maximum absolute atomic E-state index is 14.2. The van der Waals surface area contributed by atoms with E-state index in [1.165, 1.54) is 6.07 Å². The number of rotatable bonds is 5. The Balaban J connectivity index is 2.24. The van der Waals surface area contributed by atoms with Crippen molar-refractivity contribution in [2.45, 2.75) is 6.42 Å². The highest BCUT2D eigenvalue weighted by atomic mass is 79.9. The third-order valence-corrected chi connectivity index (χ3v) is 4.02. The van der Waals surface area contributed by atoms with Gasteiger partial charge in [0.2, 0.25) is 0 Å². The average molecular weight is 352 g/mol. The van der Waals surface area contributed by atoms with Gasteiger partial charge in [0, 0.05) is 41.4 Å². The number of nitrogens with zero attached hydrogens (tertiary/aromatic N) is 2. The Labute approximate surface area is 135 Å². The van der Waals surface area contributed by atoms with Gasteiger partial charge in [-0.2, -0.15) is 0 Å². The first kappa shape index (κ1) is 16.2. The summed E-state index contributed by atoms with van der Waals surface area (Å²) in [7, 11) is 6.18. The maximum atomic E-state index is 14.2. The van der Waals surface area contributed by atoms with Gasteiger partial charge in [-0.3, -0.25) is 0 Å². The molecule has 0 heterocycles. The highest BCUT2D eigenvalue weighted by Crippen LogP contribution is 2.32. The van der Waals surface area contributed by atoms with Crippen LogP contribution >= 0.6 is 15.9 Å². The van der Waals surface area contributed by atoms with E-state index < -0.39 is 0 Å². The summed E-state index contributed by atoms with van der Waals surface area (Å²) in [6.45, 7) is 1.88. The second kappa shape index (κ2) is 7.23. The van der Waals surface area contributed by atoms with Crippen LogP contribution in [0.4, 0.5) is 4.39 Å². The normalized spacial score (nSPS) is 15.0. The molecular formula is C17H21BrFN2. The van der Waals surface area contributed by atoms with E-state index in [1.54, 1.807) is 0 Å². The summed E-state index contributed by atoms with van der Waals surface area (Å²) in [5.41, 5.74) is 2.70. The summed E-state index contributed by atoms with van der Waals surface area (Å²) >= 11 is 3.31. The standard InChI is InChI=1S/C17H21BrFN2/c1-20(2)10-11-21(3)17-7-5-4-6-15(17)14-9-8-13(18)12-16(14)19/h4,6-9,12H,5,10-11H2,1-3H3. The summed E-state index contributed by atoms with van der Waals surface area (Å²) in [6, 6.07) is 5.23. The third-order valence-electron chi connectivity index (χ3n) is 3.52. The van der Waals surface area contributed by atoms with Crippen LogP contribution in [0.25, 0.3) is 5.57 Å². The number of benzene rings is 1. The van der Waals surface area contributed by atoms with Crippen molar-refractivity contribution in [1.29, 1.82) is 0 Å². The lowest BCUT2D eigenvalue weighted by molar-refractivity contribution is 0.331.